The highest BCUT2D eigenvalue weighted by molar-refractivity contribution is 6.31. The number of aryl methyl sites for hydroxylation is 1. The molecule has 0 radical (unpaired) electrons. The van der Waals surface area contributed by atoms with E-state index in [2.05, 4.69) is 40.6 Å². The third-order valence-electron chi connectivity index (χ3n) is 6.02. The van der Waals surface area contributed by atoms with Crippen molar-refractivity contribution in [3.05, 3.63) is 75.8 Å². The normalized spacial score (nSPS) is 17.6. The maximum absolute atomic E-state index is 6.53. The minimum absolute atomic E-state index is 0.191. The van der Waals surface area contributed by atoms with Gasteiger partial charge in [0.05, 0.1) is 11.2 Å². The molecule has 0 amide bonds. The molecule has 4 aromatic rings. The molecule has 4 heterocycles. The molecule has 0 saturated carbocycles. The van der Waals surface area contributed by atoms with E-state index in [1.54, 1.807) is 0 Å². The number of nitrogens with one attached hydrogen (secondary N) is 1. The number of benzene rings is 2. The number of halogens is 1. The number of hydrogen-bond donors (Lipinski definition) is 1. The predicted octanol–water partition coefficient (Wildman–Crippen LogP) is 5.17. The van der Waals surface area contributed by atoms with E-state index in [-0.39, 0.29) is 6.10 Å². The molecule has 2 aliphatic rings. The van der Waals surface area contributed by atoms with Gasteiger partial charge in [-0.2, -0.15) is 0 Å². The first-order chi connectivity index (χ1) is 14.7. The zero-order valence-corrected chi connectivity index (χ0v) is 17.3. The highest BCUT2D eigenvalue weighted by Crippen LogP contribution is 2.47. The molecular formula is C24H20ClN3O2. The molecule has 5 nitrogen and oxygen atoms in total. The zero-order chi connectivity index (χ0) is 20.2. The quantitative estimate of drug-likeness (QED) is 0.487. The van der Waals surface area contributed by atoms with Crippen molar-refractivity contribution in [1.82, 2.24) is 15.5 Å². The van der Waals surface area contributed by atoms with Gasteiger partial charge >= 0.3 is 0 Å². The van der Waals surface area contributed by atoms with E-state index in [0.29, 0.717) is 11.4 Å². The first-order valence-corrected chi connectivity index (χ1v) is 10.6. The molecule has 2 aromatic carbocycles. The maximum Gasteiger partial charge on any atom is 0.182 e. The summed E-state index contributed by atoms with van der Waals surface area (Å²) < 4.78 is 12.2. The lowest BCUT2D eigenvalue weighted by atomic mass is 9.96. The topological polar surface area (TPSA) is 60.2 Å². The SMILES string of the molecule is Cc1ccc2nccc(-c3cc(Cl)cc4c3OC(c3onc5c3CNCC5)C4)c2c1. The number of pyridine rings is 1. The van der Waals surface area contributed by atoms with Crippen LogP contribution in [-0.4, -0.2) is 16.7 Å². The molecule has 0 spiro atoms. The largest absolute Gasteiger partial charge is 0.481 e. The summed E-state index contributed by atoms with van der Waals surface area (Å²) in [4.78, 5) is 4.52. The fraction of sp³-hybridized carbons (Fsp3) is 0.250. The average molecular weight is 418 g/mol. The van der Waals surface area contributed by atoms with Gasteiger partial charge in [-0.05, 0) is 42.8 Å². The maximum atomic E-state index is 6.53. The van der Waals surface area contributed by atoms with Crippen molar-refractivity contribution in [3.63, 3.8) is 0 Å². The van der Waals surface area contributed by atoms with Gasteiger partial charge in [0.15, 0.2) is 11.9 Å². The Morgan fingerprint density at radius 3 is 3.00 bits per heavy atom. The minimum atomic E-state index is -0.191. The number of hydrogen-bond acceptors (Lipinski definition) is 5. The fourth-order valence-corrected chi connectivity index (χ4v) is 4.82. The Balaban J connectivity index is 1.47. The van der Waals surface area contributed by atoms with Crippen molar-refractivity contribution in [3.8, 4) is 16.9 Å². The lowest BCUT2D eigenvalue weighted by Crippen LogP contribution is -2.24. The van der Waals surface area contributed by atoms with Crippen LogP contribution in [0.4, 0.5) is 0 Å². The molecule has 0 fully saturated rings. The summed E-state index contributed by atoms with van der Waals surface area (Å²) in [6.45, 7) is 3.79. The van der Waals surface area contributed by atoms with Crippen molar-refractivity contribution in [1.29, 1.82) is 0 Å². The summed E-state index contributed by atoms with van der Waals surface area (Å²) in [7, 11) is 0. The van der Waals surface area contributed by atoms with Gasteiger partial charge in [0.1, 0.15) is 5.75 Å². The van der Waals surface area contributed by atoms with Crippen LogP contribution in [0.1, 0.15) is 34.2 Å². The van der Waals surface area contributed by atoms with Gasteiger partial charge in [0.2, 0.25) is 0 Å². The molecule has 30 heavy (non-hydrogen) atoms. The van der Waals surface area contributed by atoms with E-state index in [0.717, 1.165) is 69.9 Å². The van der Waals surface area contributed by atoms with Gasteiger partial charge in [-0.15, -0.1) is 0 Å². The summed E-state index contributed by atoms with van der Waals surface area (Å²) in [5.41, 5.74) is 7.48. The second kappa shape index (κ2) is 6.83. The molecule has 0 saturated heterocycles. The van der Waals surface area contributed by atoms with Gasteiger partial charge in [-0.1, -0.05) is 28.4 Å². The Bertz CT molecular complexity index is 1300. The predicted molar refractivity (Wildman–Crippen MR) is 116 cm³/mol. The molecule has 0 aliphatic carbocycles. The molecular weight excluding hydrogens is 398 g/mol. The Kier molecular flexibility index (Phi) is 4.08. The number of ether oxygens (including phenoxy) is 1. The van der Waals surface area contributed by atoms with Crippen LogP contribution in [0.5, 0.6) is 5.75 Å². The molecule has 6 heteroatoms. The summed E-state index contributed by atoms with van der Waals surface area (Å²) in [5.74, 6) is 1.69. The van der Waals surface area contributed by atoms with E-state index in [1.807, 2.05) is 24.4 Å². The van der Waals surface area contributed by atoms with Crippen molar-refractivity contribution in [2.24, 2.45) is 0 Å². The molecule has 0 bridgehead atoms. The van der Waals surface area contributed by atoms with E-state index in [4.69, 9.17) is 20.9 Å². The lowest BCUT2D eigenvalue weighted by Gasteiger charge is -2.15. The Labute approximate surface area is 179 Å². The summed E-state index contributed by atoms with van der Waals surface area (Å²) in [6, 6.07) is 12.3. The number of nitrogens with zero attached hydrogens (tertiary/aromatic N) is 2. The molecule has 6 rings (SSSR count). The van der Waals surface area contributed by atoms with Crippen LogP contribution >= 0.6 is 11.6 Å². The van der Waals surface area contributed by atoms with Gasteiger partial charge in [0, 0.05) is 59.2 Å². The number of fused-ring (bicyclic) bond motifs is 3. The van der Waals surface area contributed by atoms with Crippen LogP contribution in [0.15, 0.2) is 47.1 Å². The highest BCUT2D eigenvalue weighted by atomic mass is 35.5. The fourth-order valence-electron chi connectivity index (χ4n) is 4.58. The van der Waals surface area contributed by atoms with Crippen molar-refractivity contribution in [2.45, 2.75) is 32.4 Å². The first kappa shape index (κ1) is 17.9. The molecule has 1 atom stereocenters. The average Bonchev–Trinajstić information content (AvgIpc) is 3.36. The summed E-state index contributed by atoms with van der Waals surface area (Å²) in [6.07, 6.45) is 3.25. The van der Waals surface area contributed by atoms with E-state index in [1.165, 1.54) is 5.56 Å². The Morgan fingerprint density at radius 1 is 1.13 bits per heavy atom. The van der Waals surface area contributed by atoms with Gasteiger partial charge in [0.25, 0.3) is 0 Å². The third kappa shape index (κ3) is 2.81. The van der Waals surface area contributed by atoms with Crippen molar-refractivity contribution in [2.75, 3.05) is 6.54 Å². The van der Waals surface area contributed by atoms with Gasteiger partial charge < -0.3 is 14.6 Å². The molecule has 2 aromatic heterocycles. The first-order valence-electron chi connectivity index (χ1n) is 10.2. The van der Waals surface area contributed by atoms with Crippen LogP contribution in [0.3, 0.4) is 0 Å². The van der Waals surface area contributed by atoms with Crippen LogP contribution in [0.25, 0.3) is 22.0 Å². The Morgan fingerprint density at radius 2 is 2.07 bits per heavy atom. The standard InChI is InChI=1S/C24H20ClN3O2/c1-13-2-3-20-17(8-13)16(4-7-27-20)18-11-15(25)9-14-10-22(29-23(14)18)24-19-12-26-6-5-21(19)28-30-24/h2-4,7-9,11,22,26H,5-6,10,12H2,1H3. The summed E-state index contributed by atoms with van der Waals surface area (Å²) >= 11 is 6.53. The molecule has 1 unspecified atom stereocenters. The number of rotatable bonds is 2. The second-order valence-corrected chi connectivity index (χ2v) is 8.47. The molecule has 150 valence electrons. The van der Waals surface area contributed by atoms with Crippen LogP contribution < -0.4 is 10.1 Å². The Hall–Kier alpha value is -2.89. The monoisotopic (exact) mass is 417 g/mol. The van der Waals surface area contributed by atoms with Crippen LogP contribution in [0.2, 0.25) is 5.02 Å². The van der Waals surface area contributed by atoms with Crippen LogP contribution in [-0.2, 0) is 19.4 Å². The van der Waals surface area contributed by atoms with Crippen LogP contribution in [0, 0.1) is 6.92 Å². The highest BCUT2D eigenvalue weighted by Gasteiger charge is 2.34. The minimum Gasteiger partial charge on any atom is -0.481 e. The van der Waals surface area contributed by atoms with Crippen molar-refractivity contribution >= 4 is 22.5 Å². The molecule has 1 N–H and O–H groups in total. The van der Waals surface area contributed by atoms with Crippen molar-refractivity contribution < 1.29 is 9.26 Å². The summed E-state index contributed by atoms with van der Waals surface area (Å²) in [5, 5.41) is 9.48. The smallest absolute Gasteiger partial charge is 0.182 e. The lowest BCUT2D eigenvalue weighted by molar-refractivity contribution is 0.189. The van der Waals surface area contributed by atoms with Gasteiger partial charge in [-0.3, -0.25) is 4.98 Å². The van der Waals surface area contributed by atoms with E-state index >= 15 is 0 Å². The van der Waals surface area contributed by atoms with Gasteiger partial charge in [-0.25, -0.2) is 0 Å². The second-order valence-electron chi connectivity index (χ2n) is 8.03. The third-order valence-corrected chi connectivity index (χ3v) is 6.23. The number of aromatic nitrogens is 2. The molecule has 2 aliphatic heterocycles. The zero-order valence-electron chi connectivity index (χ0n) is 16.5. The van der Waals surface area contributed by atoms with E-state index in [9.17, 15) is 0 Å². The van der Waals surface area contributed by atoms with E-state index < -0.39 is 0 Å².